The molecule has 0 aliphatic heterocycles. The summed E-state index contributed by atoms with van der Waals surface area (Å²) in [6.07, 6.45) is 0.132. The summed E-state index contributed by atoms with van der Waals surface area (Å²) in [6, 6.07) is 15.1. The molecule has 6 heteroatoms. The topological polar surface area (TPSA) is 72.5 Å². The van der Waals surface area contributed by atoms with Crippen LogP contribution in [-0.4, -0.2) is 24.3 Å². The molecule has 0 atom stereocenters. The van der Waals surface area contributed by atoms with Gasteiger partial charge in [0.1, 0.15) is 10.6 Å². The Morgan fingerprint density at radius 3 is 2.13 bits per heavy atom. The monoisotopic (exact) mass is 435 g/mol. The molecule has 3 aromatic rings. The van der Waals surface area contributed by atoms with Gasteiger partial charge in [0.15, 0.2) is 5.78 Å². The Labute approximate surface area is 186 Å². The van der Waals surface area contributed by atoms with Crippen LogP contribution in [0.25, 0.3) is 11.1 Å². The number of amides is 1. The summed E-state index contributed by atoms with van der Waals surface area (Å²) < 4.78 is 5.22. The van der Waals surface area contributed by atoms with Gasteiger partial charge in [-0.15, -0.1) is 11.3 Å². The highest BCUT2D eigenvalue weighted by Gasteiger charge is 2.23. The van der Waals surface area contributed by atoms with E-state index in [9.17, 15) is 14.4 Å². The number of ether oxygens (including phenoxy) is 1. The molecule has 160 valence electrons. The second-order valence-electron chi connectivity index (χ2n) is 7.28. The first-order valence-corrected chi connectivity index (χ1v) is 11.0. The van der Waals surface area contributed by atoms with Crippen molar-refractivity contribution in [2.75, 3.05) is 11.9 Å². The van der Waals surface area contributed by atoms with E-state index in [0.29, 0.717) is 16.1 Å². The molecule has 1 N–H and O–H groups in total. The maximum Gasteiger partial charge on any atom is 0.341 e. The van der Waals surface area contributed by atoms with E-state index in [1.807, 2.05) is 55.6 Å². The lowest BCUT2D eigenvalue weighted by Gasteiger charge is -2.09. The summed E-state index contributed by atoms with van der Waals surface area (Å²) in [5, 5.41) is 5.06. The van der Waals surface area contributed by atoms with Crippen LogP contribution in [0.15, 0.2) is 53.9 Å². The van der Waals surface area contributed by atoms with Crippen LogP contribution in [0, 0.1) is 13.8 Å². The van der Waals surface area contributed by atoms with Crippen molar-refractivity contribution in [3.8, 4) is 11.1 Å². The fraction of sp³-hybridized carbons (Fsp3) is 0.240. The van der Waals surface area contributed by atoms with Gasteiger partial charge in [0.2, 0.25) is 5.91 Å². The third kappa shape index (κ3) is 5.67. The molecule has 1 aromatic heterocycles. The number of aryl methyl sites for hydroxylation is 2. The maximum absolute atomic E-state index is 12.6. The molecule has 0 bridgehead atoms. The minimum Gasteiger partial charge on any atom is -0.462 e. The lowest BCUT2D eigenvalue weighted by atomic mass is 10.0. The number of hydrogen-bond acceptors (Lipinski definition) is 5. The van der Waals surface area contributed by atoms with Gasteiger partial charge in [-0.3, -0.25) is 9.59 Å². The summed E-state index contributed by atoms with van der Waals surface area (Å²) in [5.74, 6) is -0.888. The van der Waals surface area contributed by atoms with E-state index < -0.39 is 5.97 Å². The van der Waals surface area contributed by atoms with Crippen molar-refractivity contribution < 1.29 is 19.1 Å². The minimum absolute atomic E-state index is 0.0345. The number of hydrogen-bond donors (Lipinski definition) is 1. The number of carbonyl (C=O) groups is 3. The zero-order valence-corrected chi connectivity index (χ0v) is 18.7. The van der Waals surface area contributed by atoms with Gasteiger partial charge in [0, 0.05) is 29.3 Å². The predicted octanol–water partition coefficient (Wildman–Crippen LogP) is 5.81. The predicted molar refractivity (Wildman–Crippen MR) is 124 cm³/mol. The van der Waals surface area contributed by atoms with Crippen molar-refractivity contribution in [2.24, 2.45) is 0 Å². The number of carbonyl (C=O) groups excluding carboxylic acids is 3. The van der Waals surface area contributed by atoms with E-state index in [2.05, 4.69) is 5.32 Å². The number of rotatable bonds is 8. The number of thiophene rings is 1. The maximum atomic E-state index is 12.6. The SMILES string of the molecule is CCOC(=O)c1c(-c2ccc(C)cc2)csc1NC(=O)CCC(=O)c1ccc(C)cc1. The van der Waals surface area contributed by atoms with E-state index in [1.54, 1.807) is 19.1 Å². The standard InChI is InChI=1S/C25H25NO4S/c1-4-30-25(29)23-20(18-9-5-16(2)6-10-18)15-31-24(23)26-22(28)14-13-21(27)19-11-7-17(3)8-12-19/h5-12,15H,4,13-14H2,1-3H3,(H,26,28). The lowest BCUT2D eigenvalue weighted by Crippen LogP contribution is -2.15. The molecule has 3 rings (SSSR count). The van der Waals surface area contributed by atoms with Crippen LogP contribution in [0.5, 0.6) is 0 Å². The van der Waals surface area contributed by atoms with E-state index in [0.717, 1.165) is 22.3 Å². The normalized spacial score (nSPS) is 10.5. The Bertz CT molecular complexity index is 1080. The molecule has 0 saturated heterocycles. The van der Waals surface area contributed by atoms with E-state index >= 15 is 0 Å². The Balaban J connectivity index is 1.74. The van der Waals surface area contributed by atoms with Crippen LogP contribution in [0.4, 0.5) is 5.00 Å². The van der Waals surface area contributed by atoms with Crippen LogP contribution in [-0.2, 0) is 9.53 Å². The first-order valence-electron chi connectivity index (χ1n) is 10.1. The van der Waals surface area contributed by atoms with E-state index in [1.165, 1.54) is 11.3 Å². The molecule has 2 aromatic carbocycles. The fourth-order valence-corrected chi connectivity index (χ4v) is 4.07. The number of benzene rings is 2. The second kappa shape index (κ2) is 10.2. The average molecular weight is 436 g/mol. The molecule has 0 radical (unpaired) electrons. The highest BCUT2D eigenvalue weighted by atomic mass is 32.1. The fourth-order valence-electron chi connectivity index (χ4n) is 3.10. The summed E-state index contributed by atoms with van der Waals surface area (Å²) in [5.41, 5.74) is 4.71. The largest absolute Gasteiger partial charge is 0.462 e. The summed E-state index contributed by atoms with van der Waals surface area (Å²) in [4.78, 5) is 37.5. The molecule has 0 fully saturated rings. The summed E-state index contributed by atoms with van der Waals surface area (Å²) in [7, 11) is 0. The zero-order valence-electron chi connectivity index (χ0n) is 17.9. The number of ketones is 1. The van der Waals surface area contributed by atoms with Gasteiger partial charge in [-0.25, -0.2) is 4.79 Å². The third-order valence-electron chi connectivity index (χ3n) is 4.84. The summed E-state index contributed by atoms with van der Waals surface area (Å²) in [6.45, 7) is 5.92. The van der Waals surface area contributed by atoms with Crippen molar-refractivity contribution in [1.29, 1.82) is 0 Å². The van der Waals surface area contributed by atoms with Crippen LogP contribution in [0.1, 0.15) is 51.6 Å². The van der Waals surface area contributed by atoms with Crippen molar-refractivity contribution in [3.63, 3.8) is 0 Å². The lowest BCUT2D eigenvalue weighted by molar-refractivity contribution is -0.116. The molecule has 0 aliphatic carbocycles. The number of esters is 1. The van der Waals surface area contributed by atoms with Gasteiger partial charge in [-0.1, -0.05) is 59.7 Å². The summed E-state index contributed by atoms with van der Waals surface area (Å²) >= 11 is 1.27. The van der Waals surface area contributed by atoms with Gasteiger partial charge >= 0.3 is 5.97 Å². The number of anilines is 1. The molecule has 31 heavy (non-hydrogen) atoms. The van der Waals surface area contributed by atoms with Crippen molar-refractivity contribution in [2.45, 2.75) is 33.6 Å². The number of nitrogens with one attached hydrogen (secondary N) is 1. The van der Waals surface area contributed by atoms with Gasteiger partial charge in [-0.2, -0.15) is 0 Å². The third-order valence-corrected chi connectivity index (χ3v) is 5.73. The molecular weight excluding hydrogens is 410 g/mol. The van der Waals surface area contributed by atoms with Gasteiger partial charge < -0.3 is 10.1 Å². The first-order chi connectivity index (χ1) is 14.9. The Hall–Kier alpha value is -3.25. The average Bonchev–Trinajstić information content (AvgIpc) is 3.16. The quantitative estimate of drug-likeness (QED) is 0.358. The Kier molecular flexibility index (Phi) is 7.36. The van der Waals surface area contributed by atoms with Crippen LogP contribution in [0.3, 0.4) is 0 Å². The molecule has 0 aliphatic rings. The smallest absolute Gasteiger partial charge is 0.341 e. The molecule has 0 saturated carbocycles. The molecule has 5 nitrogen and oxygen atoms in total. The molecular formula is C25H25NO4S. The van der Waals surface area contributed by atoms with Crippen molar-refractivity contribution in [3.05, 3.63) is 76.2 Å². The van der Waals surface area contributed by atoms with Gasteiger partial charge in [0.05, 0.1) is 6.61 Å². The van der Waals surface area contributed by atoms with Crippen molar-refractivity contribution in [1.82, 2.24) is 0 Å². The first kappa shape index (κ1) is 22.4. The molecule has 0 unspecified atom stereocenters. The number of Topliss-reactive ketones (excluding diaryl/α,β-unsaturated/α-hetero) is 1. The second-order valence-corrected chi connectivity index (χ2v) is 8.16. The Morgan fingerprint density at radius 2 is 1.52 bits per heavy atom. The molecule has 1 amide bonds. The van der Waals surface area contributed by atoms with Crippen LogP contribution >= 0.6 is 11.3 Å². The van der Waals surface area contributed by atoms with Gasteiger partial charge in [-0.05, 0) is 26.3 Å². The minimum atomic E-state index is -0.481. The molecule has 1 heterocycles. The van der Waals surface area contributed by atoms with Crippen LogP contribution < -0.4 is 5.32 Å². The highest BCUT2D eigenvalue weighted by molar-refractivity contribution is 7.15. The van der Waals surface area contributed by atoms with Gasteiger partial charge in [0.25, 0.3) is 0 Å². The van der Waals surface area contributed by atoms with E-state index in [4.69, 9.17) is 4.74 Å². The van der Waals surface area contributed by atoms with E-state index in [-0.39, 0.29) is 31.1 Å². The van der Waals surface area contributed by atoms with Crippen molar-refractivity contribution >= 4 is 34.0 Å². The molecule has 0 spiro atoms. The van der Waals surface area contributed by atoms with Crippen LogP contribution in [0.2, 0.25) is 0 Å². The highest BCUT2D eigenvalue weighted by Crippen LogP contribution is 2.36. The Morgan fingerprint density at radius 1 is 0.903 bits per heavy atom. The zero-order chi connectivity index (χ0) is 22.4.